The molecule has 0 heterocycles. The highest BCUT2D eigenvalue weighted by Gasteiger charge is 2.11. The number of rotatable bonds is 10. The predicted molar refractivity (Wildman–Crippen MR) is 136 cm³/mol. The van der Waals surface area contributed by atoms with E-state index in [9.17, 15) is 14.4 Å². The maximum atomic E-state index is 12.2. The molecule has 0 fully saturated rings. The summed E-state index contributed by atoms with van der Waals surface area (Å²) >= 11 is 5.97. The first-order valence-electron chi connectivity index (χ1n) is 11.1. The molecule has 3 rings (SSSR count). The third-order valence-electron chi connectivity index (χ3n) is 5.15. The predicted octanol–water partition coefficient (Wildman–Crippen LogP) is 6.04. The Morgan fingerprint density at radius 1 is 0.800 bits per heavy atom. The number of benzene rings is 3. The van der Waals surface area contributed by atoms with Crippen molar-refractivity contribution < 1.29 is 23.9 Å². The molecule has 0 saturated heterocycles. The number of aryl methyl sites for hydroxylation is 2. The normalized spacial score (nSPS) is 10.4. The summed E-state index contributed by atoms with van der Waals surface area (Å²) in [5.74, 6) is 0.136. The SMILES string of the molecule is Cc1ccc(Oc2ccc(NC(=O)CCCC(=O)OCC(=O)Nc3ccccc3Cl)cc2)cc1C. The summed E-state index contributed by atoms with van der Waals surface area (Å²) < 4.78 is 10.8. The number of hydrogen-bond acceptors (Lipinski definition) is 5. The Hall–Kier alpha value is -3.84. The van der Waals surface area contributed by atoms with Crippen LogP contribution in [0.5, 0.6) is 11.5 Å². The van der Waals surface area contributed by atoms with Crippen LogP contribution in [0.4, 0.5) is 11.4 Å². The molecular weight excluding hydrogens is 468 g/mol. The lowest BCUT2D eigenvalue weighted by Crippen LogP contribution is -2.21. The molecule has 2 N–H and O–H groups in total. The van der Waals surface area contributed by atoms with Crippen LogP contribution in [0.15, 0.2) is 66.7 Å². The lowest BCUT2D eigenvalue weighted by Gasteiger charge is -2.10. The monoisotopic (exact) mass is 494 g/mol. The smallest absolute Gasteiger partial charge is 0.306 e. The van der Waals surface area contributed by atoms with E-state index in [-0.39, 0.29) is 18.7 Å². The molecule has 182 valence electrons. The van der Waals surface area contributed by atoms with Crippen LogP contribution in [0.1, 0.15) is 30.4 Å². The number of carbonyl (C=O) groups is 3. The van der Waals surface area contributed by atoms with E-state index in [1.165, 1.54) is 5.56 Å². The van der Waals surface area contributed by atoms with Crippen molar-refractivity contribution in [3.8, 4) is 11.5 Å². The molecule has 0 atom stereocenters. The molecule has 0 spiro atoms. The second kappa shape index (κ2) is 12.6. The van der Waals surface area contributed by atoms with Crippen molar-refractivity contribution in [2.45, 2.75) is 33.1 Å². The molecule has 3 aromatic rings. The summed E-state index contributed by atoms with van der Waals surface area (Å²) in [6, 6.07) is 19.7. The molecule has 0 aliphatic heterocycles. The number of nitrogens with one attached hydrogen (secondary N) is 2. The quantitative estimate of drug-likeness (QED) is 0.335. The molecule has 0 unspecified atom stereocenters. The number of hydrogen-bond donors (Lipinski definition) is 2. The molecule has 0 radical (unpaired) electrons. The van der Waals surface area contributed by atoms with Gasteiger partial charge in [-0.1, -0.05) is 29.8 Å². The lowest BCUT2D eigenvalue weighted by atomic mass is 10.1. The Morgan fingerprint density at radius 3 is 2.23 bits per heavy atom. The zero-order valence-electron chi connectivity index (χ0n) is 19.6. The van der Waals surface area contributed by atoms with Crippen LogP contribution in [-0.2, 0) is 19.1 Å². The number of anilines is 2. The third kappa shape index (κ3) is 8.46. The Balaban J connectivity index is 1.34. The van der Waals surface area contributed by atoms with Crippen molar-refractivity contribution in [2.75, 3.05) is 17.2 Å². The fourth-order valence-corrected chi connectivity index (χ4v) is 3.29. The maximum absolute atomic E-state index is 12.2. The largest absolute Gasteiger partial charge is 0.457 e. The molecule has 3 aromatic carbocycles. The highest BCUT2D eigenvalue weighted by molar-refractivity contribution is 6.33. The van der Waals surface area contributed by atoms with Gasteiger partial charge in [-0.15, -0.1) is 0 Å². The third-order valence-corrected chi connectivity index (χ3v) is 5.48. The molecular formula is C27H27ClN2O5. The molecule has 8 heteroatoms. The van der Waals surface area contributed by atoms with Gasteiger partial charge in [-0.2, -0.15) is 0 Å². The van der Waals surface area contributed by atoms with Crippen LogP contribution in [-0.4, -0.2) is 24.4 Å². The van der Waals surface area contributed by atoms with Gasteiger partial charge >= 0.3 is 5.97 Å². The van der Waals surface area contributed by atoms with Gasteiger partial charge in [0.15, 0.2) is 6.61 Å². The molecule has 0 saturated carbocycles. The van der Waals surface area contributed by atoms with Crippen molar-refractivity contribution in [1.82, 2.24) is 0 Å². The van der Waals surface area contributed by atoms with E-state index < -0.39 is 18.5 Å². The van der Waals surface area contributed by atoms with Crippen molar-refractivity contribution in [2.24, 2.45) is 0 Å². The van der Waals surface area contributed by atoms with Gasteiger partial charge in [0.25, 0.3) is 5.91 Å². The van der Waals surface area contributed by atoms with Crippen molar-refractivity contribution in [3.05, 3.63) is 82.9 Å². The van der Waals surface area contributed by atoms with E-state index in [2.05, 4.69) is 10.6 Å². The molecule has 7 nitrogen and oxygen atoms in total. The van der Waals surface area contributed by atoms with E-state index in [1.807, 2.05) is 32.0 Å². The van der Waals surface area contributed by atoms with Crippen LogP contribution < -0.4 is 15.4 Å². The van der Waals surface area contributed by atoms with Crippen LogP contribution in [0.25, 0.3) is 0 Å². The number of amides is 2. The van der Waals surface area contributed by atoms with Crippen molar-refractivity contribution in [3.63, 3.8) is 0 Å². The minimum atomic E-state index is -0.556. The van der Waals surface area contributed by atoms with Gasteiger partial charge in [-0.25, -0.2) is 0 Å². The van der Waals surface area contributed by atoms with Crippen molar-refractivity contribution >= 4 is 40.8 Å². The Kier molecular flexibility index (Phi) is 9.26. The van der Waals surface area contributed by atoms with Crippen molar-refractivity contribution in [1.29, 1.82) is 0 Å². The summed E-state index contributed by atoms with van der Waals surface area (Å²) in [5, 5.41) is 5.74. The molecule has 35 heavy (non-hydrogen) atoms. The Bertz CT molecular complexity index is 1190. The van der Waals surface area contributed by atoms with Gasteiger partial charge < -0.3 is 20.1 Å². The Morgan fingerprint density at radius 2 is 1.51 bits per heavy atom. The van der Waals surface area contributed by atoms with Crippen LogP contribution >= 0.6 is 11.6 Å². The molecule has 0 aromatic heterocycles. The average Bonchev–Trinajstić information content (AvgIpc) is 2.83. The first kappa shape index (κ1) is 25.8. The minimum Gasteiger partial charge on any atom is -0.457 e. The first-order valence-corrected chi connectivity index (χ1v) is 11.5. The van der Waals surface area contributed by atoms with Gasteiger partial charge in [0.1, 0.15) is 11.5 Å². The van der Waals surface area contributed by atoms with Gasteiger partial charge in [0, 0.05) is 18.5 Å². The van der Waals surface area contributed by atoms with E-state index in [0.717, 1.165) is 11.3 Å². The van der Waals surface area contributed by atoms with Gasteiger partial charge in [0.2, 0.25) is 5.91 Å². The standard InChI is InChI=1S/C27H27ClN2O5/c1-18-10-13-22(16-19(18)2)35-21-14-11-20(12-15-21)29-25(31)8-5-9-27(33)34-17-26(32)30-24-7-4-3-6-23(24)28/h3-4,6-7,10-16H,5,8-9,17H2,1-2H3,(H,29,31)(H,30,32). The van der Waals surface area contributed by atoms with Gasteiger partial charge in [-0.3, -0.25) is 14.4 Å². The Labute approximate surface area is 209 Å². The van der Waals surface area contributed by atoms with Crippen LogP contribution in [0.3, 0.4) is 0 Å². The number of ether oxygens (including phenoxy) is 2. The average molecular weight is 495 g/mol. The summed E-state index contributed by atoms with van der Waals surface area (Å²) in [6.45, 7) is 3.65. The fraction of sp³-hybridized carbons (Fsp3) is 0.222. The first-order chi connectivity index (χ1) is 16.8. The molecule has 2 amide bonds. The van der Waals surface area contributed by atoms with E-state index >= 15 is 0 Å². The van der Waals surface area contributed by atoms with E-state index in [1.54, 1.807) is 48.5 Å². The summed E-state index contributed by atoms with van der Waals surface area (Å²) in [6.07, 6.45) is 0.460. The highest BCUT2D eigenvalue weighted by atomic mass is 35.5. The molecule has 0 bridgehead atoms. The fourth-order valence-electron chi connectivity index (χ4n) is 3.10. The minimum absolute atomic E-state index is 0.0234. The lowest BCUT2D eigenvalue weighted by molar-refractivity contribution is -0.147. The number of esters is 1. The van der Waals surface area contributed by atoms with E-state index in [4.69, 9.17) is 21.1 Å². The molecule has 0 aliphatic rings. The van der Waals surface area contributed by atoms with E-state index in [0.29, 0.717) is 28.6 Å². The number of halogens is 1. The zero-order chi connectivity index (χ0) is 25.2. The second-order valence-electron chi connectivity index (χ2n) is 7.96. The topological polar surface area (TPSA) is 93.7 Å². The number of para-hydroxylation sites is 1. The maximum Gasteiger partial charge on any atom is 0.306 e. The number of carbonyl (C=O) groups excluding carboxylic acids is 3. The summed E-state index contributed by atoms with van der Waals surface area (Å²) in [4.78, 5) is 35.9. The summed E-state index contributed by atoms with van der Waals surface area (Å²) in [5.41, 5.74) is 3.41. The van der Waals surface area contributed by atoms with Gasteiger partial charge in [-0.05, 0) is 79.9 Å². The summed E-state index contributed by atoms with van der Waals surface area (Å²) in [7, 11) is 0. The van der Waals surface area contributed by atoms with Gasteiger partial charge in [0.05, 0.1) is 10.7 Å². The van der Waals surface area contributed by atoms with Crippen LogP contribution in [0, 0.1) is 13.8 Å². The molecule has 0 aliphatic carbocycles. The highest BCUT2D eigenvalue weighted by Crippen LogP contribution is 2.25. The zero-order valence-corrected chi connectivity index (χ0v) is 20.4. The van der Waals surface area contributed by atoms with Crippen LogP contribution in [0.2, 0.25) is 5.02 Å². The second-order valence-corrected chi connectivity index (χ2v) is 8.37.